The van der Waals surface area contributed by atoms with E-state index in [0.29, 0.717) is 5.92 Å². The van der Waals surface area contributed by atoms with E-state index >= 15 is 0 Å². The monoisotopic (exact) mass is 480 g/mol. The number of rotatable bonds is 12. The molecular formula is C34H53F. The summed E-state index contributed by atoms with van der Waals surface area (Å²) in [6.45, 7) is 6.09. The van der Waals surface area contributed by atoms with Gasteiger partial charge in [-0.25, -0.2) is 4.39 Å². The average molecular weight is 481 g/mol. The molecule has 0 spiro atoms. The predicted octanol–water partition coefficient (Wildman–Crippen LogP) is 10.8. The van der Waals surface area contributed by atoms with Crippen LogP contribution < -0.4 is 0 Å². The first-order valence-electron chi connectivity index (χ1n) is 15.5. The molecule has 35 heavy (non-hydrogen) atoms. The summed E-state index contributed by atoms with van der Waals surface area (Å²) in [7, 11) is 0. The quantitative estimate of drug-likeness (QED) is 0.206. The van der Waals surface area contributed by atoms with Crippen LogP contribution in [0.5, 0.6) is 0 Å². The fourth-order valence-corrected chi connectivity index (χ4v) is 7.97. The molecule has 4 atom stereocenters. The van der Waals surface area contributed by atoms with E-state index in [9.17, 15) is 4.39 Å². The maximum absolute atomic E-state index is 14.6. The van der Waals surface area contributed by atoms with E-state index in [4.69, 9.17) is 0 Å². The summed E-state index contributed by atoms with van der Waals surface area (Å²) in [5, 5.41) is 0. The van der Waals surface area contributed by atoms with Crippen LogP contribution in [-0.4, -0.2) is 0 Å². The molecule has 4 rings (SSSR count). The van der Waals surface area contributed by atoms with Crippen molar-refractivity contribution in [3.63, 3.8) is 0 Å². The summed E-state index contributed by atoms with van der Waals surface area (Å²) in [6.07, 6.45) is 28.1. The molecule has 0 bridgehead atoms. The lowest BCUT2D eigenvalue weighted by Crippen LogP contribution is -2.30. The second-order valence-corrected chi connectivity index (χ2v) is 12.7. The van der Waals surface area contributed by atoms with Gasteiger partial charge in [0.1, 0.15) is 5.82 Å². The fraction of sp³-hybridized carbons (Fsp3) is 0.765. The van der Waals surface area contributed by atoms with Crippen LogP contribution in [-0.2, 0) is 6.42 Å². The van der Waals surface area contributed by atoms with Crippen LogP contribution in [0.25, 0.3) is 0 Å². The van der Waals surface area contributed by atoms with Gasteiger partial charge >= 0.3 is 0 Å². The van der Waals surface area contributed by atoms with Gasteiger partial charge in [0.2, 0.25) is 0 Å². The molecule has 196 valence electrons. The number of hydrogen-bond donors (Lipinski definition) is 0. The van der Waals surface area contributed by atoms with Gasteiger partial charge in [0, 0.05) is 0 Å². The van der Waals surface area contributed by atoms with Gasteiger partial charge in [-0.15, -0.1) is 6.58 Å². The van der Waals surface area contributed by atoms with Gasteiger partial charge in [-0.3, -0.25) is 0 Å². The Morgan fingerprint density at radius 3 is 2.23 bits per heavy atom. The van der Waals surface area contributed by atoms with Gasteiger partial charge in [-0.2, -0.15) is 0 Å². The van der Waals surface area contributed by atoms with Gasteiger partial charge in [0.05, 0.1) is 0 Å². The van der Waals surface area contributed by atoms with Crippen LogP contribution >= 0.6 is 0 Å². The van der Waals surface area contributed by atoms with Crippen molar-refractivity contribution in [1.82, 2.24) is 0 Å². The standard InChI is InChI=1S/C34H53F/c1-3-5-7-8-9-26-11-13-27(14-12-26)15-16-28-17-18-31-24-32(22-21-30(31)23-28)33-20-19-29(10-6-4-2)34(35)25-33/h4,19-20,25-28,30-32H,2-3,5-18,21-24H2,1H3. The molecule has 1 aromatic rings. The summed E-state index contributed by atoms with van der Waals surface area (Å²) in [4.78, 5) is 0. The van der Waals surface area contributed by atoms with Crippen LogP contribution in [0.1, 0.15) is 140 Å². The zero-order valence-corrected chi connectivity index (χ0v) is 22.8. The van der Waals surface area contributed by atoms with E-state index in [2.05, 4.69) is 19.6 Å². The van der Waals surface area contributed by atoms with Crippen molar-refractivity contribution in [1.29, 1.82) is 0 Å². The Morgan fingerprint density at radius 2 is 1.49 bits per heavy atom. The molecule has 1 heteroatoms. The molecule has 0 nitrogen and oxygen atoms in total. The number of allylic oxidation sites excluding steroid dienone is 1. The molecule has 0 aliphatic heterocycles. The smallest absolute Gasteiger partial charge is 0.126 e. The Kier molecular flexibility index (Phi) is 10.8. The van der Waals surface area contributed by atoms with Crippen molar-refractivity contribution < 1.29 is 4.39 Å². The van der Waals surface area contributed by atoms with E-state index in [0.717, 1.165) is 48.0 Å². The SMILES string of the molecule is C=CCCc1ccc(C2CCC3CC(CCC4CCC(CCCCCC)CC4)CCC3C2)cc1F. The van der Waals surface area contributed by atoms with Crippen LogP contribution in [0.4, 0.5) is 4.39 Å². The highest BCUT2D eigenvalue weighted by atomic mass is 19.1. The van der Waals surface area contributed by atoms with E-state index in [1.165, 1.54) is 115 Å². The molecule has 4 unspecified atom stereocenters. The molecule has 0 saturated heterocycles. The maximum atomic E-state index is 14.6. The molecule has 0 radical (unpaired) electrons. The number of fused-ring (bicyclic) bond motifs is 1. The molecule has 3 fully saturated rings. The number of aryl methyl sites for hydroxylation is 1. The highest BCUT2D eigenvalue weighted by Crippen LogP contribution is 2.49. The number of benzene rings is 1. The molecule has 0 amide bonds. The van der Waals surface area contributed by atoms with Crippen molar-refractivity contribution in [3.8, 4) is 0 Å². The van der Waals surface area contributed by atoms with E-state index < -0.39 is 0 Å². The summed E-state index contributed by atoms with van der Waals surface area (Å²) in [5.41, 5.74) is 2.11. The molecule has 3 aliphatic carbocycles. The third-order valence-electron chi connectivity index (χ3n) is 10.3. The van der Waals surface area contributed by atoms with Crippen LogP contribution in [0.2, 0.25) is 0 Å². The van der Waals surface area contributed by atoms with Crippen molar-refractivity contribution in [2.75, 3.05) is 0 Å². The third kappa shape index (κ3) is 7.93. The van der Waals surface area contributed by atoms with Gasteiger partial charge in [0.15, 0.2) is 0 Å². The largest absolute Gasteiger partial charge is 0.207 e. The number of unbranched alkanes of at least 4 members (excludes halogenated alkanes) is 3. The molecule has 0 N–H and O–H groups in total. The lowest BCUT2D eigenvalue weighted by Gasteiger charge is -2.43. The molecule has 0 heterocycles. The average Bonchev–Trinajstić information content (AvgIpc) is 2.89. The minimum Gasteiger partial charge on any atom is -0.207 e. The Labute approximate surface area is 216 Å². The Balaban J connectivity index is 1.15. The predicted molar refractivity (Wildman–Crippen MR) is 149 cm³/mol. The highest BCUT2D eigenvalue weighted by molar-refractivity contribution is 5.28. The van der Waals surface area contributed by atoms with Crippen molar-refractivity contribution in [2.45, 2.75) is 135 Å². The minimum absolute atomic E-state index is 0.000656. The lowest BCUT2D eigenvalue weighted by molar-refractivity contribution is 0.108. The van der Waals surface area contributed by atoms with Gasteiger partial charge in [0.25, 0.3) is 0 Å². The first-order valence-corrected chi connectivity index (χ1v) is 15.5. The topological polar surface area (TPSA) is 0 Å². The first-order chi connectivity index (χ1) is 17.2. The molecule has 3 aliphatic rings. The lowest BCUT2D eigenvalue weighted by atomic mass is 9.63. The van der Waals surface area contributed by atoms with Crippen LogP contribution in [0.15, 0.2) is 30.9 Å². The van der Waals surface area contributed by atoms with E-state index in [1.54, 1.807) is 0 Å². The molecule has 0 aromatic heterocycles. The Morgan fingerprint density at radius 1 is 0.800 bits per heavy atom. The highest BCUT2D eigenvalue weighted by Gasteiger charge is 2.36. The summed E-state index contributed by atoms with van der Waals surface area (Å²) in [6, 6.07) is 6.12. The van der Waals surface area contributed by atoms with Crippen LogP contribution in [0.3, 0.4) is 0 Å². The zero-order chi connectivity index (χ0) is 24.5. The van der Waals surface area contributed by atoms with Gasteiger partial charge in [-0.05, 0) is 97.6 Å². The fourth-order valence-electron chi connectivity index (χ4n) is 7.97. The van der Waals surface area contributed by atoms with Crippen molar-refractivity contribution in [3.05, 3.63) is 47.8 Å². The second kappa shape index (κ2) is 14.0. The van der Waals surface area contributed by atoms with Crippen molar-refractivity contribution >= 4 is 0 Å². The molecule has 3 saturated carbocycles. The first kappa shape index (κ1) is 26.9. The Bertz CT molecular complexity index is 758. The van der Waals surface area contributed by atoms with Crippen molar-refractivity contribution in [2.24, 2.45) is 29.6 Å². The van der Waals surface area contributed by atoms with Gasteiger partial charge in [-0.1, -0.05) is 102 Å². The van der Waals surface area contributed by atoms with Crippen LogP contribution in [0, 0.1) is 35.4 Å². The minimum atomic E-state index is 0.000656. The van der Waals surface area contributed by atoms with E-state index in [-0.39, 0.29) is 5.82 Å². The number of halogens is 1. The summed E-state index contributed by atoms with van der Waals surface area (Å²) < 4.78 is 14.6. The molecule has 1 aromatic carbocycles. The van der Waals surface area contributed by atoms with Gasteiger partial charge < -0.3 is 0 Å². The summed E-state index contributed by atoms with van der Waals surface area (Å²) >= 11 is 0. The summed E-state index contributed by atoms with van der Waals surface area (Å²) in [5.74, 6) is 5.47. The maximum Gasteiger partial charge on any atom is 0.126 e. The zero-order valence-electron chi connectivity index (χ0n) is 22.8. The normalized spacial score (nSPS) is 31.1. The van der Waals surface area contributed by atoms with E-state index in [1.807, 2.05) is 18.2 Å². The second-order valence-electron chi connectivity index (χ2n) is 12.7. The third-order valence-corrected chi connectivity index (χ3v) is 10.3. The Hall–Kier alpha value is -1.11. The molecular weight excluding hydrogens is 427 g/mol. The number of hydrogen-bond acceptors (Lipinski definition) is 0.